The molecule has 0 fully saturated rings. The number of nitrogens with one attached hydrogen (secondary N) is 1. The van der Waals surface area contributed by atoms with E-state index in [2.05, 4.69) is 5.32 Å². The van der Waals surface area contributed by atoms with Crippen molar-refractivity contribution in [2.24, 2.45) is 0 Å². The van der Waals surface area contributed by atoms with Gasteiger partial charge >= 0.3 is 6.09 Å². The Balaban J connectivity index is 3.49. The molecule has 0 radical (unpaired) electrons. The standard InChI is InChI=1S/C6H13NO3S/c1-11-3-2-5(4-8)7-6(9)10/h5,7-8H,2-4H2,1H3,(H,9,10). The minimum atomic E-state index is -1.08. The molecule has 0 saturated heterocycles. The summed E-state index contributed by atoms with van der Waals surface area (Å²) in [5.41, 5.74) is 0. The van der Waals surface area contributed by atoms with Crippen molar-refractivity contribution >= 4 is 17.9 Å². The van der Waals surface area contributed by atoms with E-state index >= 15 is 0 Å². The van der Waals surface area contributed by atoms with E-state index in [0.717, 1.165) is 5.75 Å². The van der Waals surface area contributed by atoms with Crippen molar-refractivity contribution < 1.29 is 15.0 Å². The van der Waals surface area contributed by atoms with Gasteiger partial charge in [-0.25, -0.2) is 4.79 Å². The van der Waals surface area contributed by atoms with Crippen LogP contribution >= 0.6 is 11.8 Å². The van der Waals surface area contributed by atoms with Gasteiger partial charge in [-0.2, -0.15) is 11.8 Å². The van der Waals surface area contributed by atoms with Crippen LogP contribution in [0.5, 0.6) is 0 Å². The van der Waals surface area contributed by atoms with Crippen LogP contribution in [0, 0.1) is 0 Å². The molecule has 0 saturated carbocycles. The molecule has 0 aliphatic carbocycles. The molecule has 0 spiro atoms. The number of aliphatic hydroxyl groups is 1. The van der Waals surface area contributed by atoms with Gasteiger partial charge < -0.3 is 15.5 Å². The number of rotatable bonds is 5. The Hall–Kier alpha value is -0.420. The van der Waals surface area contributed by atoms with Gasteiger partial charge in [-0.05, 0) is 18.4 Å². The van der Waals surface area contributed by atoms with E-state index in [9.17, 15) is 4.79 Å². The minimum Gasteiger partial charge on any atom is -0.465 e. The molecule has 4 nitrogen and oxygen atoms in total. The van der Waals surface area contributed by atoms with Gasteiger partial charge in [0.2, 0.25) is 0 Å². The number of carboxylic acid groups (broad SMARTS) is 1. The van der Waals surface area contributed by atoms with Crippen molar-refractivity contribution in [1.82, 2.24) is 5.32 Å². The normalized spacial score (nSPS) is 12.5. The molecule has 0 aromatic carbocycles. The second-order valence-corrected chi connectivity index (χ2v) is 3.10. The summed E-state index contributed by atoms with van der Waals surface area (Å²) >= 11 is 1.63. The Kier molecular flexibility index (Phi) is 6.06. The van der Waals surface area contributed by atoms with Crippen LogP contribution in [0.25, 0.3) is 0 Å². The molecular formula is C6H13NO3S. The van der Waals surface area contributed by atoms with Crippen LogP contribution in [0.1, 0.15) is 6.42 Å². The highest BCUT2D eigenvalue weighted by atomic mass is 32.2. The number of hydrogen-bond donors (Lipinski definition) is 3. The summed E-state index contributed by atoms with van der Waals surface area (Å²) in [7, 11) is 0. The molecule has 0 rings (SSSR count). The lowest BCUT2D eigenvalue weighted by molar-refractivity contribution is 0.176. The van der Waals surface area contributed by atoms with Gasteiger partial charge in [-0.3, -0.25) is 0 Å². The van der Waals surface area contributed by atoms with Crippen molar-refractivity contribution in [2.75, 3.05) is 18.6 Å². The zero-order valence-electron chi connectivity index (χ0n) is 6.41. The van der Waals surface area contributed by atoms with Gasteiger partial charge in [-0.1, -0.05) is 0 Å². The van der Waals surface area contributed by atoms with E-state index in [-0.39, 0.29) is 12.6 Å². The zero-order chi connectivity index (χ0) is 8.69. The molecule has 0 heterocycles. The average Bonchev–Trinajstić information content (AvgIpc) is 1.97. The Morgan fingerprint density at radius 3 is 2.73 bits per heavy atom. The summed E-state index contributed by atoms with van der Waals surface area (Å²) in [4.78, 5) is 10.1. The summed E-state index contributed by atoms with van der Waals surface area (Å²) in [5.74, 6) is 0.853. The number of hydrogen-bond acceptors (Lipinski definition) is 3. The first-order valence-electron chi connectivity index (χ1n) is 3.30. The molecule has 1 amide bonds. The second-order valence-electron chi connectivity index (χ2n) is 2.11. The minimum absolute atomic E-state index is 0.132. The summed E-state index contributed by atoms with van der Waals surface area (Å²) in [6, 6.07) is -0.319. The predicted molar refractivity (Wildman–Crippen MR) is 45.0 cm³/mol. The van der Waals surface area contributed by atoms with Crippen LogP contribution in [0.3, 0.4) is 0 Å². The van der Waals surface area contributed by atoms with Crippen molar-refractivity contribution in [3.8, 4) is 0 Å². The lowest BCUT2D eigenvalue weighted by Gasteiger charge is -2.12. The molecule has 1 unspecified atom stereocenters. The van der Waals surface area contributed by atoms with Crippen molar-refractivity contribution in [3.05, 3.63) is 0 Å². The molecular weight excluding hydrogens is 166 g/mol. The van der Waals surface area contributed by atoms with E-state index in [0.29, 0.717) is 6.42 Å². The topological polar surface area (TPSA) is 69.6 Å². The van der Waals surface area contributed by atoms with E-state index in [4.69, 9.17) is 10.2 Å². The smallest absolute Gasteiger partial charge is 0.404 e. The highest BCUT2D eigenvalue weighted by Crippen LogP contribution is 1.99. The van der Waals surface area contributed by atoms with Crippen LogP contribution in [0.2, 0.25) is 0 Å². The lowest BCUT2D eigenvalue weighted by atomic mass is 10.2. The van der Waals surface area contributed by atoms with E-state index < -0.39 is 6.09 Å². The fourth-order valence-electron chi connectivity index (χ4n) is 0.644. The third-order valence-corrected chi connectivity index (χ3v) is 1.86. The van der Waals surface area contributed by atoms with Crippen LogP contribution in [-0.2, 0) is 0 Å². The van der Waals surface area contributed by atoms with Gasteiger partial charge in [0.15, 0.2) is 0 Å². The molecule has 66 valence electrons. The van der Waals surface area contributed by atoms with Crippen LogP contribution in [-0.4, -0.2) is 41.0 Å². The van der Waals surface area contributed by atoms with E-state index in [1.807, 2.05) is 6.26 Å². The van der Waals surface area contributed by atoms with E-state index in [1.165, 1.54) is 0 Å². The molecule has 5 heteroatoms. The molecule has 1 atom stereocenters. The first kappa shape index (κ1) is 10.6. The second kappa shape index (κ2) is 6.30. The zero-order valence-corrected chi connectivity index (χ0v) is 7.23. The number of amides is 1. The maximum Gasteiger partial charge on any atom is 0.404 e. The van der Waals surface area contributed by atoms with Crippen molar-refractivity contribution in [2.45, 2.75) is 12.5 Å². The van der Waals surface area contributed by atoms with Crippen LogP contribution < -0.4 is 5.32 Å². The van der Waals surface area contributed by atoms with Gasteiger partial charge in [-0.15, -0.1) is 0 Å². The van der Waals surface area contributed by atoms with Crippen LogP contribution in [0.4, 0.5) is 4.79 Å². The third-order valence-electron chi connectivity index (χ3n) is 1.22. The van der Waals surface area contributed by atoms with Gasteiger partial charge in [0.05, 0.1) is 12.6 Å². The Labute approximate surface area is 70.0 Å². The highest BCUT2D eigenvalue weighted by molar-refractivity contribution is 7.98. The van der Waals surface area contributed by atoms with Gasteiger partial charge in [0, 0.05) is 0 Å². The van der Waals surface area contributed by atoms with Crippen molar-refractivity contribution in [1.29, 1.82) is 0 Å². The molecule has 0 aromatic rings. The molecule has 0 aliphatic heterocycles. The average molecular weight is 179 g/mol. The molecule has 11 heavy (non-hydrogen) atoms. The fourth-order valence-corrected chi connectivity index (χ4v) is 1.16. The molecule has 0 aromatic heterocycles. The third kappa shape index (κ3) is 6.00. The fraction of sp³-hybridized carbons (Fsp3) is 0.833. The first-order valence-corrected chi connectivity index (χ1v) is 4.69. The number of thioether (sulfide) groups is 1. The summed E-state index contributed by atoms with van der Waals surface area (Å²) < 4.78 is 0. The molecule has 0 aliphatic rings. The Bertz CT molecular complexity index is 120. The highest BCUT2D eigenvalue weighted by Gasteiger charge is 2.08. The molecule has 3 N–H and O–H groups in total. The maximum absolute atomic E-state index is 10.1. The monoisotopic (exact) mass is 179 g/mol. The van der Waals surface area contributed by atoms with Gasteiger partial charge in [0.25, 0.3) is 0 Å². The number of carbonyl (C=O) groups is 1. The van der Waals surface area contributed by atoms with Crippen molar-refractivity contribution in [3.63, 3.8) is 0 Å². The quantitative estimate of drug-likeness (QED) is 0.570. The van der Waals surface area contributed by atoms with Crippen LogP contribution in [0.15, 0.2) is 0 Å². The first-order chi connectivity index (χ1) is 5.20. The largest absolute Gasteiger partial charge is 0.465 e. The summed E-state index contributed by atoms with van der Waals surface area (Å²) in [5, 5.41) is 19.2. The SMILES string of the molecule is CSCCC(CO)NC(=O)O. The summed E-state index contributed by atoms with van der Waals surface area (Å²) in [6.07, 6.45) is 1.53. The maximum atomic E-state index is 10.1. The Morgan fingerprint density at radius 1 is 1.73 bits per heavy atom. The predicted octanol–water partition coefficient (Wildman–Crippen LogP) is 0.368. The molecule has 0 bridgehead atoms. The lowest BCUT2D eigenvalue weighted by Crippen LogP contribution is -2.36. The number of aliphatic hydroxyl groups excluding tert-OH is 1. The summed E-state index contributed by atoms with van der Waals surface area (Å²) in [6.45, 7) is -0.132. The van der Waals surface area contributed by atoms with E-state index in [1.54, 1.807) is 11.8 Å². The van der Waals surface area contributed by atoms with Gasteiger partial charge in [0.1, 0.15) is 0 Å². The Morgan fingerprint density at radius 2 is 2.36 bits per heavy atom.